The summed E-state index contributed by atoms with van der Waals surface area (Å²) in [5.41, 5.74) is 2.02. The SMILES string of the molecule is C[C@H]1Cc2cc(Br)ccc2N1C(=O)[C@H]1CCCN(S(=O)(=O)c2ccc(F)cc2)C1. The maximum atomic E-state index is 13.4. The summed E-state index contributed by atoms with van der Waals surface area (Å²) >= 11 is 3.47. The summed E-state index contributed by atoms with van der Waals surface area (Å²) in [4.78, 5) is 15.2. The Bertz CT molecular complexity index is 1040. The van der Waals surface area contributed by atoms with Crippen LogP contribution in [0.4, 0.5) is 10.1 Å². The van der Waals surface area contributed by atoms with Crippen LogP contribution in [0.15, 0.2) is 51.8 Å². The molecule has 0 saturated carbocycles. The van der Waals surface area contributed by atoms with E-state index in [1.54, 1.807) is 0 Å². The molecule has 0 radical (unpaired) electrons. The van der Waals surface area contributed by atoms with Crippen LogP contribution in [0.25, 0.3) is 0 Å². The van der Waals surface area contributed by atoms with E-state index in [0.29, 0.717) is 19.4 Å². The molecule has 154 valence electrons. The van der Waals surface area contributed by atoms with Gasteiger partial charge in [-0.25, -0.2) is 12.8 Å². The number of fused-ring (bicyclic) bond motifs is 1. The van der Waals surface area contributed by atoms with E-state index in [1.807, 2.05) is 30.0 Å². The summed E-state index contributed by atoms with van der Waals surface area (Å²) < 4.78 is 41.4. The van der Waals surface area contributed by atoms with Crippen LogP contribution < -0.4 is 4.90 Å². The number of benzene rings is 2. The molecule has 1 amide bonds. The van der Waals surface area contributed by atoms with Crippen molar-refractivity contribution < 1.29 is 17.6 Å². The van der Waals surface area contributed by atoms with Gasteiger partial charge < -0.3 is 4.90 Å². The molecule has 2 aliphatic heterocycles. The van der Waals surface area contributed by atoms with Gasteiger partial charge in [-0.3, -0.25) is 4.79 Å². The molecule has 2 heterocycles. The molecule has 0 aromatic heterocycles. The van der Waals surface area contributed by atoms with Crippen LogP contribution in [0.1, 0.15) is 25.3 Å². The third kappa shape index (κ3) is 3.85. The lowest BCUT2D eigenvalue weighted by atomic mass is 9.97. The molecule has 29 heavy (non-hydrogen) atoms. The van der Waals surface area contributed by atoms with Crippen molar-refractivity contribution in [3.05, 3.63) is 58.3 Å². The first kappa shape index (κ1) is 20.5. The van der Waals surface area contributed by atoms with E-state index in [1.165, 1.54) is 16.4 Å². The Morgan fingerprint density at radius 2 is 1.90 bits per heavy atom. The second-order valence-corrected chi connectivity index (χ2v) is 10.5. The predicted molar refractivity (Wildman–Crippen MR) is 113 cm³/mol. The average Bonchev–Trinajstić information content (AvgIpc) is 3.02. The van der Waals surface area contributed by atoms with E-state index in [4.69, 9.17) is 0 Å². The van der Waals surface area contributed by atoms with E-state index in [9.17, 15) is 17.6 Å². The van der Waals surface area contributed by atoms with Gasteiger partial charge in [-0.2, -0.15) is 4.31 Å². The van der Waals surface area contributed by atoms with Crippen LogP contribution >= 0.6 is 15.9 Å². The molecule has 8 heteroatoms. The van der Waals surface area contributed by atoms with Gasteiger partial charge in [0.15, 0.2) is 0 Å². The number of piperidine rings is 1. The number of halogens is 2. The smallest absolute Gasteiger partial charge is 0.243 e. The van der Waals surface area contributed by atoms with Crippen LogP contribution in [-0.4, -0.2) is 37.8 Å². The maximum Gasteiger partial charge on any atom is 0.243 e. The van der Waals surface area contributed by atoms with Crippen molar-refractivity contribution in [1.29, 1.82) is 0 Å². The van der Waals surface area contributed by atoms with Gasteiger partial charge in [0, 0.05) is 29.3 Å². The van der Waals surface area contributed by atoms with Crippen molar-refractivity contribution in [3.8, 4) is 0 Å². The van der Waals surface area contributed by atoms with E-state index >= 15 is 0 Å². The summed E-state index contributed by atoms with van der Waals surface area (Å²) in [6.45, 7) is 2.53. The molecule has 0 N–H and O–H groups in total. The van der Waals surface area contributed by atoms with Crippen molar-refractivity contribution in [2.45, 2.75) is 37.1 Å². The molecular weight excluding hydrogens is 459 g/mol. The molecule has 1 fully saturated rings. The molecule has 0 bridgehead atoms. The predicted octanol–water partition coefficient (Wildman–Crippen LogP) is 3.97. The largest absolute Gasteiger partial charge is 0.309 e. The standard InChI is InChI=1S/C21H22BrFN2O3S/c1-14-11-16-12-17(22)4-9-20(16)25(14)21(26)15-3-2-10-24(13-15)29(27,28)19-7-5-18(23)6-8-19/h4-9,12,14-15H,2-3,10-11,13H2,1H3/t14-,15-/m0/s1. The van der Waals surface area contributed by atoms with E-state index < -0.39 is 21.8 Å². The molecule has 0 aliphatic carbocycles. The Balaban J connectivity index is 1.56. The normalized spacial score (nSPS) is 22.5. The number of sulfonamides is 1. The van der Waals surface area contributed by atoms with Crippen molar-refractivity contribution >= 4 is 37.5 Å². The number of rotatable bonds is 3. The number of carbonyl (C=O) groups excluding carboxylic acids is 1. The second kappa shape index (κ2) is 7.81. The Hall–Kier alpha value is -1.77. The molecule has 1 saturated heterocycles. The van der Waals surface area contributed by atoms with Crippen LogP contribution in [0.5, 0.6) is 0 Å². The van der Waals surface area contributed by atoms with Gasteiger partial charge in [0.2, 0.25) is 15.9 Å². The Kier molecular flexibility index (Phi) is 5.52. The van der Waals surface area contributed by atoms with E-state index in [0.717, 1.165) is 34.3 Å². The lowest BCUT2D eigenvalue weighted by molar-refractivity contribution is -0.123. The minimum Gasteiger partial charge on any atom is -0.309 e. The lowest BCUT2D eigenvalue weighted by Crippen LogP contribution is -2.48. The van der Waals surface area contributed by atoms with Gasteiger partial charge >= 0.3 is 0 Å². The zero-order valence-electron chi connectivity index (χ0n) is 16.0. The molecule has 4 rings (SSSR count). The van der Waals surface area contributed by atoms with Crippen LogP contribution in [0, 0.1) is 11.7 Å². The van der Waals surface area contributed by atoms with Crippen molar-refractivity contribution in [3.63, 3.8) is 0 Å². The van der Waals surface area contributed by atoms with Gasteiger partial charge in [-0.1, -0.05) is 15.9 Å². The van der Waals surface area contributed by atoms with E-state index in [2.05, 4.69) is 15.9 Å². The summed E-state index contributed by atoms with van der Waals surface area (Å²) in [6.07, 6.45) is 2.06. The third-order valence-electron chi connectivity index (χ3n) is 5.68. The minimum absolute atomic E-state index is 0.0300. The topological polar surface area (TPSA) is 57.7 Å². The summed E-state index contributed by atoms with van der Waals surface area (Å²) in [5.74, 6) is -0.905. The maximum absolute atomic E-state index is 13.4. The molecule has 2 aromatic carbocycles. The number of hydrogen-bond acceptors (Lipinski definition) is 3. The molecule has 5 nitrogen and oxygen atoms in total. The molecule has 0 unspecified atom stereocenters. The van der Waals surface area contributed by atoms with Gasteiger partial charge in [-0.05, 0) is 74.2 Å². The highest BCUT2D eigenvalue weighted by Crippen LogP contribution is 2.36. The zero-order chi connectivity index (χ0) is 20.8. The highest BCUT2D eigenvalue weighted by Gasteiger charge is 2.39. The Labute approximate surface area is 178 Å². The fourth-order valence-electron chi connectivity index (χ4n) is 4.25. The summed E-state index contributed by atoms with van der Waals surface area (Å²) in [6, 6.07) is 10.8. The van der Waals surface area contributed by atoms with Gasteiger partial charge in [0.1, 0.15) is 5.82 Å². The molecule has 0 spiro atoms. The third-order valence-corrected chi connectivity index (χ3v) is 8.05. The molecule has 2 atom stereocenters. The first-order valence-corrected chi connectivity index (χ1v) is 11.9. The van der Waals surface area contributed by atoms with Crippen molar-refractivity contribution in [1.82, 2.24) is 4.31 Å². The number of amides is 1. The first-order chi connectivity index (χ1) is 13.8. The quantitative estimate of drug-likeness (QED) is 0.667. The fraction of sp³-hybridized carbons (Fsp3) is 0.381. The number of anilines is 1. The van der Waals surface area contributed by atoms with Crippen LogP contribution in [-0.2, 0) is 21.2 Å². The summed E-state index contributed by atoms with van der Waals surface area (Å²) in [7, 11) is -3.76. The number of nitrogens with zero attached hydrogens (tertiary/aromatic N) is 2. The second-order valence-electron chi connectivity index (χ2n) is 7.69. The van der Waals surface area contributed by atoms with Crippen LogP contribution in [0.2, 0.25) is 0 Å². The lowest BCUT2D eigenvalue weighted by Gasteiger charge is -2.34. The van der Waals surface area contributed by atoms with E-state index in [-0.39, 0.29) is 23.4 Å². The number of carbonyl (C=O) groups is 1. The van der Waals surface area contributed by atoms with Crippen molar-refractivity contribution in [2.75, 3.05) is 18.0 Å². The first-order valence-electron chi connectivity index (χ1n) is 9.64. The van der Waals surface area contributed by atoms with Gasteiger partial charge in [-0.15, -0.1) is 0 Å². The molecular formula is C21H22BrFN2O3S. The monoisotopic (exact) mass is 480 g/mol. The Morgan fingerprint density at radius 3 is 2.62 bits per heavy atom. The fourth-order valence-corrected chi connectivity index (χ4v) is 6.18. The summed E-state index contributed by atoms with van der Waals surface area (Å²) in [5, 5.41) is 0. The highest BCUT2D eigenvalue weighted by atomic mass is 79.9. The molecule has 2 aliphatic rings. The van der Waals surface area contributed by atoms with Crippen LogP contribution in [0.3, 0.4) is 0 Å². The van der Waals surface area contributed by atoms with Gasteiger partial charge in [0.05, 0.1) is 10.8 Å². The molecule has 2 aromatic rings. The average molecular weight is 481 g/mol. The zero-order valence-corrected chi connectivity index (χ0v) is 18.4. The Morgan fingerprint density at radius 1 is 1.17 bits per heavy atom. The van der Waals surface area contributed by atoms with Crippen molar-refractivity contribution in [2.24, 2.45) is 5.92 Å². The highest BCUT2D eigenvalue weighted by molar-refractivity contribution is 9.10. The minimum atomic E-state index is -3.76. The van der Waals surface area contributed by atoms with Gasteiger partial charge in [0.25, 0.3) is 0 Å². The number of hydrogen-bond donors (Lipinski definition) is 0.